The Hall–Kier alpha value is -2.93. The predicted molar refractivity (Wildman–Crippen MR) is 121 cm³/mol. The van der Waals surface area contributed by atoms with Crippen LogP contribution < -0.4 is 10.9 Å². The molecule has 1 aliphatic heterocycles. The second-order valence-corrected chi connectivity index (χ2v) is 8.91. The normalized spacial score (nSPS) is 20.5. The van der Waals surface area contributed by atoms with Crippen molar-refractivity contribution < 1.29 is 14.7 Å². The third-order valence-corrected chi connectivity index (χ3v) is 6.66. The number of benzene rings is 1. The third kappa shape index (κ3) is 4.93. The first-order valence-corrected chi connectivity index (χ1v) is 11.5. The molecule has 0 spiro atoms. The number of aliphatic hydroxyl groups is 1. The number of nitrogens with one attached hydrogen (secondary N) is 1. The lowest BCUT2D eigenvalue weighted by atomic mass is 9.92. The van der Waals surface area contributed by atoms with Gasteiger partial charge in [0, 0.05) is 38.8 Å². The van der Waals surface area contributed by atoms with Crippen molar-refractivity contribution >= 4 is 11.8 Å². The number of aliphatic hydroxyl groups excluding tert-OH is 1. The zero-order chi connectivity index (χ0) is 22.7. The van der Waals surface area contributed by atoms with Crippen LogP contribution in [0.3, 0.4) is 0 Å². The van der Waals surface area contributed by atoms with Gasteiger partial charge in [-0.3, -0.25) is 14.4 Å². The van der Waals surface area contributed by atoms with Crippen LogP contribution in [0.2, 0.25) is 0 Å². The lowest BCUT2D eigenvalue weighted by Gasteiger charge is -2.30. The van der Waals surface area contributed by atoms with Crippen LogP contribution in [0.25, 0.3) is 0 Å². The van der Waals surface area contributed by atoms with Gasteiger partial charge in [0.2, 0.25) is 5.91 Å². The molecule has 0 bridgehead atoms. The third-order valence-electron chi connectivity index (χ3n) is 6.66. The molecule has 0 saturated heterocycles. The summed E-state index contributed by atoms with van der Waals surface area (Å²) in [5, 5.41) is 12.8. The summed E-state index contributed by atoms with van der Waals surface area (Å²) >= 11 is 0. The Kier molecular flexibility index (Phi) is 6.74. The SMILES string of the molecule is CC(=O)N1CCc2c(cn(CCc3ccccc3)c(=O)c2C(=O)NC2CCC(O)CC2)C1. The fourth-order valence-corrected chi connectivity index (χ4v) is 4.75. The molecular formula is C25H31N3O4. The molecule has 2 heterocycles. The van der Waals surface area contributed by atoms with Crippen LogP contribution in [0.5, 0.6) is 0 Å². The Morgan fingerprint density at radius 2 is 1.84 bits per heavy atom. The van der Waals surface area contributed by atoms with Crippen molar-refractivity contribution in [3.8, 4) is 0 Å². The van der Waals surface area contributed by atoms with E-state index < -0.39 is 0 Å². The number of amides is 2. The van der Waals surface area contributed by atoms with Crippen molar-refractivity contribution in [1.29, 1.82) is 0 Å². The van der Waals surface area contributed by atoms with Gasteiger partial charge < -0.3 is 19.9 Å². The van der Waals surface area contributed by atoms with Gasteiger partial charge in [0.25, 0.3) is 11.5 Å². The van der Waals surface area contributed by atoms with Crippen LogP contribution in [0.1, 0.15) is 59.7 Å². The fraction of sp³-hybridized carbons (Fsp3) is 0.480. The maximum atomic E-state index is 13.4. The van der Waals surface area contributed by atoms with E-state index in [1.807, 2.05) is 36.5 Å². The minimum Gasteiger partial charge on any atom is -0.393 e. The minimum absolute atomic E-state index is 0.00977. The second kappa shape index (κ2) is 9.69. The first-order chi connectivity index (χ1) is 15.4. The molecule has 0 atom stereocenters. The molecule has 1 fully saturated rings. The minimum atomic E-state index is -0.335. The molecular weight excluding hydrogens is 406 g/mol. The summed E-state index contributed by atoms with van der Waals surface area (Å²) in [6, 6.07) is 9.90. The van der Waals surface area contributed by atoms with Crippen LogP contribution in [0.15, 0.2) is 41.3 Å². The van der Waals surface area contributed by atoms with Gasteiger partial charge in [-0.2, -0.15) is 0 Å². The van der Waals surface area contributed by atoms with Gasteiger partial charge in [0.05, 0.1) is 6.10 Å². The standard InChI is InChI=1S/C25H31N3O4/c1-17(29)27-14-12-22-19(15-27)16-28(13-11-18-5-3-2-4-6-18)25(32)23(22)24(31)26-20-7-9-21(30)10-8-20/h2-6,16,20-21,30H,7-15H2,1H3,(H,26,31). The number of hydrogen-bond acceptors (Lipinski definition) is 4. The molecule has 2 aromatic rings. The summed E-state index contributed by atoms with van der Waals surface area (Å²) in [6.07, 6.45) is 5.43. The molecule has 1 aromatic heterocycles. The van der Waals surface area contributed by atoms with E-state index in [2.05, 4.69) is 5.32 Å². The van der Waals surface area contributed by atoms with Crippen LogP contribution in [-0.2, 0) is 30.7 Å². The molecule has 7 nitrogen and oxygen atoms in total. The molecule has 32 heavy (non-hydrogen) atoms. The predicted octanol–water partition coefficient (Wildman–Crippen LogP) is 2.03. The number of carbonyl (C=O) groups excluding carboxylic acids is 2. The molecule has 170 valence electrons. The van der Waals surface area contributed by atoms with Crippen molar-refractivity contribution in [2.24, 2.45) is 0 Å². The van der Waals surface area contributed by atoms with E-state index in [-0.39, 0.29) is 35.1 Å². The van der Waals surface area contributed by atoms with E-state index in [9.17, 15) is 19.5 Å². The zero-order valence-corrected chi connectivity index (χ0v) is 18.5. The Morgan fingerprint density at radius 1 is 1.12 bits per heavy atom. The highest BCUT2D eigenvalue weighted by Crippen LogP contribution is 2.23. The summed E-state index contributed by atoms with van der Waals surface area (Å²) in [5.74, 6) is -0.345. The monoisotopic (exact) mass is 437 g/mol. The highest BCUT2D eigenvalue weighted by atomic mass is 16.3. The largest absolute Gasteiger partial charge is 0.393 e. The molecule has 0 radical (unpaired) electrons. The van der Waals surface area contributed by atoms with Crippen LogP contribution in [0.4, 0.5) is 0 Å². The molecule has 2 amide bonds. The number of aryl methyl sites for hydroxylation is 2. The first-order valence-electron chi connectivity index (χ1n) is 11.5. The summed E-state index contributed by atoms with van der Waals surface area (Å²) in [7, 11) is 0. The van der Waals surface area contributed by atoms with E-state index in [0.29, 0.717) is 58.2 Å². The average molecular weight is 438 g/mol. The maximum absolute atomic E-state index is 13.4. The Balaban J connectivity index is 1.64. The maximum Gasteiger partial charge on any atom is 0.263 e. The Bertz CT molecular complexity index is 1040. The number of carbonyl (C=O) groups is 2. The quantitative estimate of drug-likeness (QED) is 0.749. The van der Waals surface area contributed by atoms with E-state index in [0.717, 1.165) is 16.7 Å². The number of fused-ring (bicyclic) bond motifs is 1. The van der Waals surface area contributed by atoms with Crippen molar-refractivity contribution in [2.75, 3.05) is 6.54 Å². The van der Waals surface area contributed by atoms with Gasteiger partial charge in [0.15, 0.2) is 0 Å². The summed E-state index contributed by atoms with van der Waals surface area (Å²) in [5.41, 5.74) is 2.68. The average Bonchev–Trinajstić information content (AvgIpc) is 2.79. The molecule has 1 aliphatic carbocycles. The number of hydrogen-bond donors (Lipinski definition) is 2. The van der Waals surface area contributed by atoms with E-state index >= 15 is 0 Å². The van der Waals surface area contributed by atoms with E-state index in [4.69, 9.17) is 0 Å². The van der Waals surface area contributed by atoms with Gasteiger partial charge in [-0.15, -0.1) is 0 Å². The lowest BCUT2D eigenvalue weighted by molar-refractivity contribution is -0.129. The number of pyridine rings is 1. The number of rotatable bonds is 5. The fourth-order valence-electron chi connectivity index (χ4n) is 4.75. The molecule has 2 N–H and O–H groups in total. The Labute approximate surface area is 188 Å². The van der Waals surface area contributed by atoms with Crippen molar-refractivity contribution in [1.82, 2.24) is 14.8 Å². The van der Waals surface area contributed by atoms with Crippen LogP contribution >= 0.6 is 0 Å². The van der Waals surface area contributed by atoms with Gasteiger partial charge in [0.1, 0.15) is 5.56 Å². The molecule has 1 aromatic carbocycles. The van der Waals surface area contributed by atoms with Crippen molar-refractivity contribution in [3.05, 3.63) is 69.1 Å². The van der Waals surface area contributed by atoms with Crippen molar-refractivity contribution in [2.45, 2.75) is 70.7 Å². The van der Waals surface area contributed by atoms with E-state index in [1.165, 1.54) is 0 Å². The van der Waals surface area contributed by atoms with Crippen molar-refractivity contribution in [3.63, 3.8) is 0 Å². The summed E-state index contributed by atoms with van der Waals surface area (Å²) < 4.78 is 1.62. The molecule has 4 rings (SSSR count). The van der Waals surface area contributed by atoms with Gasteiger partial charge in [-0.05, 0) is 55.2 Å². The second-order valence-electron chi connectivity index (χ2n) is 8.91. The van der Waals surface area contributed by atoms with Gasteiger partial charge >= 0.3 is 0 Å². The number of nitrogens with zero attached hydrogens (tertiary/aromatic N) is 2. The summed E-state index contributed by atoms with van der Waals surface area (Å²) in [4.78, 5) is 40.3. The number of aromatic nitrogens is 1. The highest BCUT2D eigenvalue weighted by molar-refractivity contribution is 5.96. The smallest absolute Gasteiger partial charge is 0.263 e. The molecule has 0 unspecified atom stereocenters. The summed E-state index contributed by atoms with van der Waals surface area (Å²) in [6.45, 7) is 2.92. The molecule has 1 saturated carbocycles. The van der Waals surface area contributed by atoms with Crippen LogP contribution in [-0.4, -0.2) is 45.1 Å². The molecule has 2 aliphatic rings. The topological polar surface area (TPSA) is 91.6 Å². The molecule has 7 heteroatoms. The van der Waals surface area contributed by atoms with Crippen LogP contribution in [0, 0.1) is 0 Å². The van der Waals surface area contributed by atoms with Gasteiger partial charge in [-0.25, -0.2) is 0 Å². The van der Waals surface area contributed by atoms with E-state index in [1.54, 1.807) is 16.4 Å². The highest BCUT2D eigenvalue weighted by Gasteiger charge is 2.29. The lowest BCUT2D eigenvalue weighted by Crippen LogP contribution is -2.44. The zero-order valence-electron chi connectivity index (χ0n) is 18.5. The van der Waals surface area contributed by atoms with Gasteiger partial charge in [-0.1, -0.05) is 30.3 Å². The Morgan fingerprint density at radius 3 is 2.53 bits per heavy atom. The first kappa shape index (κ1) is 22.3.